The highest BCUT2D eigenvalue weighted by Gasteiger charge is 2.35. The summed E-state index contributed by atoms with van der Waals surface area (Å²) in [5.41, 5.74) is 5.64. The molecule has 0 aliphatic carbocycles. The average molecular weight is 502 g/mol. The number of benzene rings is 2. The molecule has 0 saturated heterocycles. The van der Waals surface area contributed by atoms with E-state index in [1.165, 1.54) is 7.11 Å². The zero-order valence-corrected chi connectivity index (χ0v) is 21.6. The average Bonchev–Trinajstić information content (AvgIpc) is 2.84. The molecule has 0 radical (unpaired) electrons. The van der Waals surface area contributed by atoms with Gasteiger partial charge in [-0.25, -0.2) is 9.59 Å². The first kappa shape index (κ1) is 28.3. The Morgan fingerprint density at radius 3 is 2.06 bits per heavy atom. The Kier molecular flexibility index (Phi) is 9.95. The molecule has 0 aromatic heterocycles. The van der Waals surface area contributed by atoms with E-state index < -0.39 is 23.6 Å². The molecule has 1 atom stereocenters. The third-order valence-corrected chi connectivity index (χ3v) is 5.06. The van der Waals surface area contributed by atoms with E-state index in [1.54, 1.807) is 57.2 Å². The number of ether oxygens (including phenoxy) is 5. The Hall–Kier alpha value is -3.95. The molecular formula is C26H35N3O7. The van der Waals surface area contributed by atoms with E-state index in [0.29, 0.717) is 41.5 Å². The van der Waals surface area contributed by atoms with Gasteiger partial charge in [-0.3, -0.25) is 5.41 Å². The molecule has 196 valence electrons. The maximum Gasteiger partial charge on any atom is 0.349 e. The fourth-order valence-electron chi connectivity index (χ4n) is 3.32. The van der Waals surface area contributed by atoms with Crippen LogP contribution in [-0.2, 0) is 19.1 Å². The van der Waals surface area contributed by atoms with Gasteiger partial charge in [0.2, 0.25) is 0 Å². The first-order valence-electron chi connectivity index (χ1n) is 11.7. The van der Waals surface area contributed by atoms with Crippen LogP contribution in [-0.4, -0.2) is 50.3 Å². The molecule has 0 bridgehead atoms. The van der Waals surface area contributed by atoms with Gasteiger partial charge in [0.15, 0.2) is 23.1 Å². The summed E-state index contributed by atoms with van der Waals surface area (Å²) in [5.74, 6) is -0.231. The van der Waals surface area contributed by atoms with Gasteiger partial charge in [-0.2, -0.15) is 0 Å². The van der Waals surface area contributed by atoms with Gasteiger partial charge < -0.3 is 34.7 Å². The van der Waals surface area contributed by atoms with E-state index in [2.05, 4.69) is 5.32 Å². The Morgan fingerprint density at radius 1 is 0.972 bits per heavy atom. The zero-order valence-electron chi connectivity index (χ0n) is 21.6. The Balaban J connectivity index is 2.64. The predicted octanol–water partition coefficient (Wildman–Crippen LogP) is 3.81. The molecule has 0 amide bonds. The SMILES string of the molecule is CCOC(=O)C(C)(C)Oc1cc(OCC)c(OCC)cc1C(Nc1ccc(C(=N)N)cc1)C(=O)OC. The molecule has 4 N–H and O–H groups in total. The minimum absolute atomic E-state index is 0.0733. The lowest BCUT2D eigenvalue weighted by Crippen LogP contribution is -2.40. The van der Waals surface area contributed by atoms with E-state index in [4.69, 9.17) is 34.8 Å². The number of carbonyl (C=O) groups excluding carboxylic acids is 2. The summed E-state index contributed by atoms with van der Waals surface area (Å²) in [5, 5.41) is 10.7. The number of hydrogen-bond acceptors (Lipinski definition) is 9. The lowest BCUT2D eigenvalue weighted by atomic mass is 10.0. The minimum atomic E-state index is -1.37. The number of anilines is 1. The second-order valence-corrected chi connectivity index (χ2v) is 8.13. The smallest absolute Gasteiger partial charge is 0.349 e. The molecule has 10 nitrogen and oxygen atoms in total. The first-order chi connectivity index (χ1) is 17.1. The Morgan fingerprint density at radius 2 is 1.56 bits per heavy atom. The molecule has 0 saturated carbocycles. The lowest BCUT2D eigenvalue weighted by molar-refractivity contribution is -0.158. The lowest BCUT2D eigenvalue weighted by Gasteiger charge is -2.28. The summed E-state index contributed by atoms with van der Waals surface area (Å²) in [6.45, 7) is 9.43. The van der Waals surface area contributed by atoms with Crippen molar-refractivity contribution in [3.63, 3.8) is 0 Å². The Bertz CT molecular complexity index is 1070. The molecule has 36 heavy (non-hydrogen) atoms. The quantitative estimate of drug-likeness (QED) is 0.212. The second kappa shape index (κ2) is 12.7. The fraction of sp³-hybridized carbons (Fsp3) is 0.423. The standard InChI is InChI=1S/C26H35N3O7/c1-7-33-20-14-18(19(15-21(20)34-8-2)36-26(4,5)25(31)35-9-3)22(24(30)32-6)29-17-12-10-16(11-13-17)23(27)28/h10-15,22,29H,7-9H2,1-6H3,(H3,27,28). The van der Waals surface area contributed by atoms with Gasteiger partial charge in [-0.15, -0.1) is 0 Å². The van der Waals surface area contributed by atoms with E-state index in [0.717, 1.165) is 0 Å². The van der Waals surface area contributed by atoms with Crippen molar-refractivity contribution in [3.05, 3.63) is 47.5 Å². The van der Waals surface area contributed by atoms with Gasteiger partial charge in [-0.05, 0) is 65.0 Å². The van der Waals surface area contributed by atoms with Crippen LogP contribution in [0.2, 0.25) is 0 Å². The molecule has 2 aromatic carbocycles. The van der Waals surface area contributed by atoms with Crippen molar-refractivity contribution < 1.29 is 33.3 Å². The Labute approximate surface area is 211 Å². The van der Waals surface area contributed by atoms with Crippen LogP contribution in [0.5, 0.6) is 17.2 Å². The van der Waals surface area contributed by atoms with Crippen molar-refractivity contribution in [1.82, 2.24) is 0 Å². The number of methoxy groups -OCH3 is 1. The molecule has 10 heteroatoms. The van der Waals surface area contributed by atoms with Gasteiger partial charge in [-0.1, -0.05) is 0 Å². The first-order valence-corrected chi connectivity index (χ1v) is 11.7. The summed E-state index contributed by atoms with van der Waals surface area (Å²) < 4.78 is 27.9. The summed E-state index contributed by atoms with van der Waals surface area (Å²) in [6.07, 6.45) is 0. The van der Waals surface area contributed by atoms with Crippen LogP contribution >= 0.6 is 0 Å². The molecule has 0 aliphatic heterocycles. The van der Waals surface area contributed by atoms with Gasteiger partial charge in [0.1, 0.15) is 11.6 Å². The highest BCUT2D eigenvalue weighted by molar-refractivity contribution is 5.95. The van der Waals surface area contributed by atoms with Crippen molar-refractivity contribution in [3.8, 4) is 17.2 Å². The van der Waals surface area contributed by atoms with Crippen molar-refractivity contribution in [2.45, 2.75) is 46.3 Å². The number of rotatable bonds is 13. The van der Waals surface area contributed by atoms with Gasteiger partial charge in [0, 0.05) is 22.9 Å². The van der Waals surface area contributed by atoms with Crippen molar-refractivity contribution in [2.75, 3.05) is 32.2 Å². The van der Waals surface area contributed by atoms with E-state index in [1.807, 2.05) is 13.8 Å². The van der Waals surface area contributed by atoms with Crippen LogP contribution in [0.1, 0.15) is 51.8 Å². The second-order valence-electron chi connectivity index (χ2n) is 8.13. The fourth-order valence-corrected chi connectivity index (χ4v) is 3.32. The van der Waals surface area contributed by atoms with Crippen LogP contribution in [0.3, 0.4) is 0 Å². The number of hydrogen-bond donors (Lipinski definition) is 3. The molecule has 0 heterocycles. The van der Waals surface area contributed by atoms with Crippen LogP contribution in [0.15, 0.2) is 36.4 Å². The van der Waals surface area contributed by atoms with Crippen LogP contribution in [0.25, 0.3) is 0 Å². The summed E-state index contributed by atoms with van der Waals surface area (Å²) >= 11 is 0. The largest absolute Gasteiger partial charge is 0.490 e. The van der Waals surface area contributed by atoms with Crippen LogP contribution in [0, 0.1) is 5.41 Å². The molecule has 0 fully saturated rings. The maximum atomic E-state index is 13.0. The highest BCUT2D eigenvalue weighted by atomic mass is 16.6. The molecule has 0 aliphatic rings. The van der Waals surface area contributed by atoms with Gasteiger partial charge >= 0.3 is 11.9 Å². The monoisotopic (exact) mass is 501 g/mol. The summed E-state index contributed by atoms with van der Waals surface area (Å²) in [7, 11) is 1.27. The zero-order chi connectivity index (χ0) is 26.9. The van der Waals surface area contributed by atoms with Crippen molar-refractivity contribution >= 4 is 23.5 Å². The third kappa shape index (κ3) is 7.03. The third-order valence-electron chi connectivity index (χ3n) is 5.06. The number of nitrogens with two attached hydrogens (primary N) is 1. The van der Waals surface area contributed by atoms with Crippen molar-refractivity contribution in [2.24, 2.45) is 5.73 Å². The highest BCUT2D eigenvalue weighted by Crippen LogP contribution is 2.41. The summed E-state index contributed by atoms with van der Waals surface area (Å²) in [4.78, 5) is 25.5. The molecular weight excluding hydrogens is 466 g/mol. The number of carbonyl (C=O) groups is 2. The molecule has 0 spiro atoms. The van der Waals surface area contributed by atoms with E-state index in [9.17, 15) is 9.59 Å². The summed E-state index contributed by atoms with van der Waals surface area (Å²) in [6, 6.07) is 8.86. The van der Waals surface area contributed by atoms with Crippen LogP contribution < -0.4 is 25.3 Å². The normalized spacial score (nSPS) is 11.7. The van der Waals surface area contributed by atoms with Crippen molar-refractivity contribution in [1.29, 1.82) is 5.41 Å². The number of nitrogens with one attached hydrogen (secondary N) is 2. The number of amidine groups is 1. The molecule has 1 unspecified atom stereocenters. The minimum Gasteiger partial charge on any atom is -0.490 e. The number of esters is 2. The number of nitrogen functional groups attached to an aromatic ring is 1. The predicted molar refractivity (Wildman–Crippen MR) is 136 cm³/mol. The van der Waals surface area contributed by atoms with Gasteiger partial charge in [0.05, 0.1) is 26.9 Å². The topological polar surface area (TPSA) is 142 Å². The van der Waals surface area contributed by atoms with E-state index in [-0.39, 0.29) is 18.2 Å². The van der Waals surface area contributed by atoms with Crippen LogP contribution in [0.4, 0.5) is 5.69 Å². The molecule has 2 rings (SSSR count). The molecule has 2 aromatic rings. The van der Waals surface area contributed by atoms with E-state index >= 15 is 0 Å². The van der Waals surface area contributed by atoms with Gasteiger partial charge in [0.25, 0.3) is 0 Å². The maximum absolute atomic E-state index is 13.0.